The highest BCUT2D eigenvalue weighted by Gasteiger charge is 2.15. The van der Waals surface area contributed by atoms with Crippen molar-refractivity contribution in [2.24, 2.45) is 0 Å². The Morgan fingerprint density at radius 3 is 2.86 bits per heavy atom. The van der Waals surface area contributed by atoms with Gasteiger partial charge in [0.25, 0.3) is 0 Å². The predicted molar refractivity (Wildman–Crippen MR) is 86.4 cm³/mol. The van der Waals surface area contributed by atoms with Gasteiger partial charge in [-0.1, -0.05) is 11.6 Å². The molecule has 2 aromatic rings. The first-order chi connectivity index (χ1) is 10.7. The van der Waals surface area contributed by atoms with E-state index in [1.807, 2.05) is 0 Å². The van der Waals surface area contributed by atoms with Crippen molar-refractivity contribution in [3.8, 4) is 0 Å². The number of halogens is 1. The van der Waals surface area contributed by atoms with Gasteiger partial charge >= 0.3 is 0 Å². The number of hydrogen-bond acceptors (Lipinski definition) is 7. The van der Waals surface area contributed by atoms with Crippen LogP contribution in [-0.2, 0) is 4.74 Å². The Morgan fingerprint density at radius 2 is 2.09 bits per heavy atom. The minimum atomic E-state index is 0.319. The number of ether oxygens (including phenoxy) is 1. The molecule has 7 nitrogen and oxygen atoms in total. The molecule has 0 aliphatic carbocycles. The maximum atomic E-state index is 6.15. The van der Waals surface area contributed by atoms with Crippen LogP contribution in [-0.4, -0.2) is 34.2 Å². The quantitative estimate of drug-likeness (QED) is 0.795. The molecule has 8 heteroatoms. The van der Waals surface area contributed by atoms with Gasteiger partial charge < -0.3 is 21.1 Å². The van der Waals surface area contributed by atoms with E-state index in [1.54, 1.807) is 24.5 Å². The molecule has 3 rings (SSSR count). The van der Waals surface area contributed by atoms with E-state index in [9.17, 15) is 0 Å². The summed E-state index contributed by atoms with van der Waals surface area (Å²) in [5.74, 6) is 1.49. The average molecular weight is 321 g/mol. The zero-order chi connectivity index (χ0) is 15.4. The smallest absolute Gasteiger partial charge is 0.224 e. The number of rotatable bonds is 4. The molecule has 3 heterocycles. The second kappa shape index (κ2) is 6.76. The fraction of sp³-hybridized carbons (Fsp3) is 0.357. The number of hydrogen-bond donors (Lipinski definition) is 3. The van der Waals surface area contributed by atoms with Crippen LogP contribution < -0.4 is 16.4 Å². The highest BCUT2D eigenvalue weighted by Crippen LogP contribution is 2.24. The van der Waals surface area contributed by atoms with E-state index >= 15 is 0 Å². The topological polar surface area (TPSA) is 98.0 Å². The molecule has 1 saturated heterocycles. The van der Waals surface area contributed by atoms with Crippen molar-refractivity contribution >= 4 is 34.9 Å². The number of nitrogens with one attached hydrogen (secondary N) is 2. The Balaban J connectivity index is 1.74. The molecule has 0 radical (unpaired) electrons. The fourth-order valence-corrected chi connectivity index (χ4v) is 2.35. The van der Waals surface area contributed by atoms with Crippen LogP contribution in [0.25, 0.3) is 0 Å². The van der Waals surface area contributed by atoms with Crippen molar-refractivity contribution in [3.63, 3.8) is 0 Å². The summed E-state index contributed by atoms with van der Waals surface area (Å²) in [5, 5.41) is 6.87. The number of aromatic nitrogens is 3. The Bertz CT molecular complexity index is 647. The maximum Gasteiger partial charge on any atom is 0.224 e. The van der Waals surface area contributed by atoms with Crippen LogP contribution in [0, 0.1) is 0 Å². The molecule has 0 bridgehead atoms. The van der Waals surface area contributed by atoms with Gasteiger partial charge in [0, 0.05) is 37.2 Å². The van der Waals surface area contributed by atoms with Crippen LogP contribution in [0.4, 0.5) is 23.3 Å². The highest BCUT2D eigenvalue weighted by molar-refractivity contribution is 6.32. The van der Waals surface area contributed by atoms with E-state index in [2.05, 4.69) is 25.6 Å². The Labute approximate surface area is 133 Å². The van der Waals surface area contributed by atoms with Gasteiger partial charge in [-0.15, -0.1) is 0 Å². The molecule has 0 saturated carbocycles. The Morgan fingerprint density at radius 1 is 1.27 bits per heavy atom. The maximum absolute atomic E-state index is 6.15. The molecule has 22 heavy (non-hydrogen) atoms. The molecule has 0 atom stereocenters. The fourth-order valence-electron chi connectivity index (χ4n) is 2.21. The van der Waals surface area contributed by atoms with Gasteiger partial charge in [0.1, 0.15) is 10.8 Å². The molecule has 1 fully saturated rings. The number of anilines is 4. The Kier molecular flexibility index (Phi) is 4.55. The molecule has 116 valence electrons. The molecule has 0 amide bonds. The van der Waals surface area contributed by atoms with Crippen molar-refractivity contribution in [2.75, 3.05) is 29.6 Å². The van der Waals surface area contributed by atoms with Crippen molar-refractivity contribution in [1.29, 1.82) is 0 Å². The zero-order valence-corrected chi connectivity index (χ0v) is 12.7. The lowest BCUT2D eigenvalue weighted by Gasteiger charge is -2.23. The molecule has 1 aliphatic heterocycles. The summed E-state index contributed by atoms with van der Waals surface area (Å²) in [6, 6.07) is 3.82. The van der Waals surface area contributed by atoms with E-state index in [-0.39, 0.29) is 0 Å². The van der Waals surface area contributed by atoms with E-state index in [0.717, 1.165) is 31.7 Å². The average Bonchev–Trinajstić information content (AvgIpc) is 2.52. The first-order valence-electron chi connectivity index (χ1n) is 7.06. The highest BCUT2D eigenvalue weighted by atomic mass is 35.5. The standard InChI is InChI=1S/C14H17ClN6O/c15-11-8-18-14(20-9-2-5-22-6-3-9)21-13(11)19-10-1-4-17-12(16)7-10/h1,4,7-9H,2-3,5-6H2,(H4,16,17,18,19,20,21). The van der Waals surface area contributed by atoms with E-state index < -0.39 is 0 Å². The monoisotopic (exact) mass is 320 g/mol. The van der Waals surface area contributed by atoms with Crippen molar-refractivity contribution in [2.45, 2.75) is 18.9 Å². The number of nitrogens with two attached hydrogens (primary N) is 1. The summed E-state index contributed by atoms with van der Waals surface area (Å²) in [7, 11) is 0. The van der Waals surface area contributed by atoms with Crippen LogP contribution in [0.1, 0.15) is 12.8 Å². The predicted octanol–water partition coefficient (Wildman–Crippen LogP) is 2.44. The number of nitrogens with zero attached hydrogens (tertiary/aromatic N) is 3. The van der Waals surface area contributed by atoms with Crippen LogP contribution in [0.2, 0.25) is 5.02 Å². The summed E-state index contributed by atoms with van der Waals surface area (Å²) >= 11 is 6.15. The molecule has 0 spiro atoms. The molecular formula is C14H17ClN6O. The Hall–Kier alpha value is -2.12. The summed E-state index contributed by atoms with van der Waals surface area (Å²) in [4.78, 5) is 12.6. The largest absolute Gasteiger partial charge is 0.384 e. The van der Waals surface area contributed by atoms with Crippen molar-refractivity contribution in [3.05, 3.63) is 29.5 Å². The third-order valence-corrected chi connectivity index (χ3v) is 3.62. The van der Waals surface area contributed by atoms with E-state index in [1.165, 1.54) is 0 Å². The second-order valence-electron chi connectivity index (χ2n) is 5.02. The zero-order valence-electron chi connectivity index (χ0n) is 11.9. The van der Waals surface area contributed by atoms with Gasteiger partial charge in [-0.3, -0.25) is 0 Å². The molecular weight excluding hydrogens is 304 g/mol. The lowest BCUT2D eigenvalue weighted by molar-refractivity contribution is 0.0903. The lowest BCUT2D eigenvalue weighted by Crippen LogP contribution is -2.28. The number of nitrogen functional groups attached to an aromatic ring is 1. The van der Waals surface area contributed by atoms with E-state index in [0.29, 0.717) is 28.6 Å². The van der Waals surface area contributed by atoms with Gasteiger partial charge in [0.15, 0.2) is 5.82 Å². The van der Waals surface area contributed by atoms with Crippen molar-refractivity contribution in [1.82, 2.24) is 15.0 Å². The SMILES string of the molecule is Nc1cc(Nc2nc(NC3CCOCC3)ncc2Cl)ccn1. The minimum Gasteiger partial charge on any atom is -0.384 e. The van der Waals surface area contributed by atoms with Crippen molar-refractivity contribution < 1.29 is 4.74 Å². The van der Waals surface area contributed by atoms with Gasteiger partial charge in [-0.25, -0.2) is 9.97 Å². The van der Waals surface area contributed by atoms with E-state index in [4.69, 9.17) is 22.1 Å². The summed E-state index contributed by atoms with van der Waals surface area (Å²) in [6.07, 6.45) is 5.07. The lowest BCUT2D eigenvalue weighted by atomic mass is 10.1. The summed E-state index contributed by atoms with van der Waals surface area (Å²) in [5.41, 5.74) is 6.43. The third-order valence-electron chi connectivity index (χ3n) is 3.34. The van der Waals surface area contributed by atoms with Gasteiger partial charge in [-0.05, 0) is 18.9 Å². The van der Waals surface area contributed by atoms with Gasteiger partial charge in [0.2, 0.25) is 5.95 Å². The van der Waals surface area contributed by atoms with Gasteiger partial charge in [-0.2, -0.15) is 4.98 Å². The molecule has 0 aromatic carbocycles. The molecule has 4 N–H and O–H groups in total. The number of pyridine rings is 1. The summed E-state index contributed by atoms with van der Waals surface area (Å²) in [6.45, 7) is 1.51. The second-order valence-corrected chi connectivity index (χ2v) is 5.42. The first-order valence-corrected chi connectivity index (χ1v) is 7.44. The molecule has 0 unspecified atom stereocenters. The van der Waals surface area contributed by atoms with Crippen LogP contribution in [0.3, 0.4) is 0 Å². The normalized spacial score (nSPS) is 15.5. The minimum absolute atomic E-state index is 0.319. The van der Waals surface area contributed by atoms with Crippen LogP contribution in [0.5, 0.6) is 0 Å². The molecule has 1 aliphatic rings. The van der Waals surface area contributed by atoms with Crippen LogP contribution in [0.15, 0.2) is 24.5 Å². The first kappa shape index (κ1) is 14.8. The molecule has 2 aromatic heterocycles. The third kappa shape index (κ3) is 3.75. The van der Waals surface area contributed by atoms with Gasteiger partial charge in [0.05, 0.1) is 6.20 Å². The van der Waals surface area contributed by atoms with Crippen LogP contribution >= 0.6 is 11.6 Å². The summed E-state index contributed by atoms with van der Waals surface area (Å²) < 4.78 is 5.34.